The van der Waals surface area contributed by atoms with Crippen LogP contribution in [0.4, 0.5) is 5.69 Å². The molecule has 6 nitrogen and oxygen atoms in total. The predicted molar refractivity (Wildman–Crippen MR) is 127 cm³/mol. The van der Waals surface area contributed by atoms with E-state index >= 15 is 0 Å². The fourth-order valence-corrected chi connectivity index (χ4v) is 5.09. The van der Waals surface area contributed by atoms with Gasteiger partial charge in [-0.1, -0.05) is 24.1 Å². The topological polar surface area (TPSA) is 49.3 Å². The van der Waals surface area contributed by atoms with Crippen LogP contribution < -0.4 is 14.8 Å². The molecular weight excluding hydrogens is 400 g/mol. The third-order valence-corrected chi connectivity index (χ3v) is 6.60. The molecule has 0 atom stereocenters. The molecule has 2 aromatic carbocycles. The molecule has 3 aliphatic rings. The maximum atomic E-state index is 5.79. The summed E-state index contributed by atoms with van der Waals surface area (Å²) < 4.78 is 11.4. The number of fused-ring (bicyclic) bond motifs is 4. The molecule has 0 saturated carbocycles. The highest BCUT2D eigenvalue weighted by Crippen LogP contribution is 2.39. The van der Waals surface area contributed by atoms with Gasteiger partial charge in [0, 0.05) is 50.3 Å². The molecule has 1 spiro atoms. The summed E-state index contributed by atoms with van der Waals surface area (Å²) in [5, 5.41) is 3.89. The van der Waals surface area contributed by atoms with Crippen LogP contribution in [0.5, 0.6) is 11.5 Å². The van der Waals surface area contributed by atoms with Crippen LogP contribution in [0.2, 0.25) is 0 Å². The molecule has 5 rings (SSSR count). The number of amidine groups is 1. The number of para-hydroxylation sites is 1. The predicted octanol–water partition coefficient (Wildman–Crippen LogP) is 3.58. The Hall–Kier alpha value is -3.17. The zero-order chi connectivity index (χ0) is 22.0. The maximum absolute atomic E-state index is 5.79. The van der Waals surface area contributed by atoms with E-state index < -0.39 is 0 Å². The number of aliphatic imine (C=N–C) groups is 1. The SMILES string of the molecule is C#CCOc1ccc(CN2CCC3(CC2)Nc2ccccc2C2=NCCN23)cc1OCC. The Labute approximate surface area is 190 Å². The van der Waals surface area contributed by atoms with Crippen molar-refractivity contribution in [3.8, 4) is 23.8 Å². The van der Waals surface area contributed by atoms with Crippen molar-refractivity contribution in [2.75, 3.05) is 44.7 Å². The fraction of sp³-hybridized carbons (Fsp3) is 0.423. The number of likely N-dealkylation sites (tertiary alicyclic amines) is 1. The lowest BCUT2D eigenvalue weighted by atomic mass is 9.90. The van der Waals surface area contributed by atoms with Gasteiger partial charge in [0.15, 0.2) is 11.5 Å². The first-order valence-electron chi connectivity index (χ1n) is 11.5. The molecule has 1 saturated heterocycles. The zero-order valence-corrected chi connectivity index (χ0v) is 18.6. The van der Waals surface area contributed by atoms with Crippen LogP contribution in [0.1, 0.15) is 30.9 Å². The number of hydrogen-bond donors (Lipinski definition) is 1. The summed E-state index contributed by atoms with van der Waals surface area (Å²) in [5.74, 6) is 5.14. The molecule has 1 fully saturated rings. The largest absolute Gasteiger partial charge is 0.490 e. The highest BCUT2D eigenvalue weighted by Gasteiger charge is 2.46. The number of terminal acetylenes is 1. The van der Waals surface area contributed by atoms with E-state index in [9.17, 15) is 0 Å². The van der Waals surface area contributed by atoms with E-state index in [4.69, 9.17) is 20.9 Å². The first-order valence-corrected chi connectivity index (χ1v) is 11.5. The van der Waals surface area contributed by atoms with Crippen LogP contribution in [-0.2, 0) is 6.54 Å². The first kappa shape index (κ1) is 20.7. The summed E-state index contributed by atoms with van der Waals surface area (Å²) in [6.07, 6.45) is 7.45. The van der Waals surface area contributed by atoms with E-state index in [1.165, 1.54) is 16.8 Å². The lowest BCUT2D eigenvalue weighted by Crippen LogP contribution is -2.63. The van der Waals surface area contributed by atoms with Gasteiger partial charge in [0.05, 0.1) is 13.2 Å². The third-order valence-electron chi connectivity index (χ3n) is 6.60. The van der Waals surface area contributed by atoms with Gasteiger partial charge in [-0.15, -0.1) is 6.42 Å². The smallest absolute Gasteiger partial charge is 0.162 e. The van der Waals surface area contributed by atoms with E-state index in [1.54, 1.807) is 0 Å². The van der Waals surface area contributed by atoms with E-state index in [0.29, 0.717) is 12.4 Å². The summed E-state index contributed by atoms with van der Waals surface area (Å²) in [4.78, 5) is 9.88. The van der Waals surface area contributed by atoms with Crippen molar-refractivity contribution >= 4 is 11.5 Å². The molecule has 1 N–H and O–H groups in total. The summed E-state index contributed by atoms with van der Waals surface area (Å²) in [6, 6.07) is 14.7. The summed E-state index contributed by atoms with van der Waals surface area (Å²) >= 11 is 0. The molecule has 0 bridgehead atoms. The highest BCUT2D eigenvalue weighted by atomic mass is 16.5. The lowest BCUT2D eigenvalue weighted by Gasteiger charge is -2.52. The van der Waals surface area contributed by atoms with Gasteiger partial charge in [0.2, 0.25) is 0 Å². The monoisotopic (exact) mass is 430 g/mol. The minimum Gasteiger partial charge on any atom is -0.490 e. The second-order valence-electron chi connectivity index (χ2n) is 8.54. The van der Waals surface area contributed by atoms with Crippen LogP contribution in [0.25, 0.3) is 0 Å². The third kappa shape index (κ3) is 3.78. The molecule has 0 radical (unpaired) electrons. The number of piperidine rings is 1. The van der Waals surface area contributed by atoms with Crippen molar-refractivity contribution in [1.29, 1.82) is 0 Å². The highest BCUT2D eigenvalue weighted by molar-refractivity contribution is 6.06. The molecule has 166 valence electrons. The lowest BCUT2D eigenvalue weighted by molar-refractivity contribution is 0.0895. The van der Waals surface area contributed by atoms with Gasteiger partial charge in [0.25, 0.3) is 0 Å². The number of benzene rings is 2. The minimum absolute atomic E-state index is 0.0381. The second kappa shape index (κ2) is 8.76. The van der Waals surface area contributed by atoms with Crippen molar-refractivity contribution < 1.29 is 9.47 Å². The Balaban J connectivity index is 1.28. The molecule has 32 heavy (non-hydrogen) atoms. The van der Waals surface area contributed by atoms with Crippen LogP contribution in [0.15, 0.2) is 47.5 Å². The zero-order valence-electron chi connectivity index (χ0n) is 18.6. The summed E-state index contributed by atoms with van der Waals surface area (Å²) in [5.41, 5.74) is 3.63. The number of nitrogens with zero attached hydrogens (tertiary/aromatic N) is 3. The van der Waals surface area contributed by atoms with Gasteiger partial charge >= 0.3 is 0 Å². The average molecular weight is 431 g/mol. The maximum Gasteiger partial charge on any atom is 0.162 e. The summed E-state index contributed by atoms with van der Waals surface area (Å²) in [6.45, 7) is 7.63. The summed E-state index contributed by atoms with van der Waals surface area (Å²) in [7, 11) is 0. The van der Waals surface area contributed by atoms with E-state index in [1.807, 2.05) is 13.0 Å². The normalized spacial score (nSPS) is 18.9. The van der Waals surface area contributed by atoms with Crippen LogP contribution in [-0.4, -0.2) is 60.7 Å². The van der Waals surface area contributed by atoms with Crippen molar-refractivity contribution in [2.24, 2.45) is 4.99 Å². The average Bonchev–Trinajstić information content (AvgIpc) is 3.32. The number of anilines is 1. The van der Waals surface area contributed by atoms with Gasteiger partial charge in [-0.25, -0.2) is 0 Å². The van der Waals surface area contributed by atoms with Gasteiger partial charge in [-0.05, 0) is 36.8 Å². The minimum atomic E-state index is -0.0381. The van der Waals surface area contributed by atoms with Crippen molar-refractivity contribution in [1.82, 2.24) is 9.80 Å². The molecule has 3 heterocycles. The van der Waals surface area contributed by atoms with Gasteiger partial charge in [-0.3, -0.25) is 9.89 Å². The Morgan fingerprint density at radius 1 is 1.09 bits per heavy atom. The van der Waals surface area contributed by atoms with Gasteiger partial charge in [0.1, 0.15) is 18.1 Å². The van der Waals surface area contributed by atoms with E-state index in [2.05, 4.69) is 57.4 Å². The van der Waals surface area contributed by atoms with E-state index in [0.717, 1.165) is 57.2 Å². The Kier molecular flexibility index (Phi) is 5.67. The van der Waals surface area contributed by atoms with Gasteiger partial charge < -0.3 is 19.7 Å². The fourth-order valence-electron chi connectivity index (χ4n) is 5.09. The van der Waals surface area contributed by atoms with Crippen molar-refractivity contribution in [3.05, 3.63) is 53.6 Å². The van der Waals surface area contributed by atoms with Crippen molar-refractivity contribution in [2.45, 2.75) is 32.0 Å². The molecule has 6 heteroatoms. The molecule has 0 amide bonds. The Morgan fingerprint density at radius 3 is 2.75 bits per heavy atom. The number of rotatable bonds is 6. The molecule has 3 aliphatic heterocycles. The molecule has 2 aromatic rings. The van der Waals surface area contributed by atoms with E-state index in [-0.39, 0.29) is 12.3 Å². The number of ether oxygens (including phenoxy) is 2. The van der Waals surface area contributed by atoms with Crippen LogP contribution in [0.3, 0.4) is 0 Å². The number of hydrogen-bond acceptors (Lipinski definition) is 6. The van der Waals surface area contributed by atoms with Crippen molar-refractivity contribution in [3.63, 3.8) is 0 Å². The standard InChI is InChI=1S/C26H30N4O2/c1-3-17-32-23-10-9-20(18-24(23)31-4-2)19-29-14-11-26(12-15-29)28-22-8-6-5-7-21(22)25-27-13-16-30(25)26/h1,5-10,18,28H,4,11-17,19H2,2H3. The molecule has 0 aliphatic carbocycles. The quantitative estimate of drug-likeness (QED) is 0.710. The number of nitrogens with one attached hydrogen (secondary N) is 1. The molecule has 0 aromatic heterocycles. The van der Waals surface area contributed by atoms with Crippen LogP contribution in [0, 0.1) is 12.3 Å². The Morgan fingerprint density at radius 2 is 1.94 bits per heavy atom. The Bertz CT molecular complexity index is 1050. The molecule has 0 unspecified atom stereocenters. The van der Waals surface area contributed by atoms with Gasteiger partial charge in [-0.2, -0.15) is 0 Å². The second-order valence-corrected chi connectivity index (χ2v) is 8.54. The first-order chi connectivity index (χ1) is 15.7. The van der Waals surface area contributed by atoms with Crippen LogP contribution >= 0.6 is 0 Å². The molecular formula is C26H30N4O2.